The van der Waals surface area contributed by atoms with Crippen LogP contribution in [0, 0.1) is 5.41 Å². The molecule has 2 nitrogen and oxygen atoms in total. The van der Waals surface area contributed by atoms with Crippen LogP contribution < -0.4 is 0 Å². The second-order valence-electron chi connectivity index (χ2n) is 8.40. The number of esters is 1. The Morgan fingerprint density at radius 1 is 0.920 bits per heavy atom. The van der Waals surface area contributed by atoms with E-state index in [2.05, 4.69) is 13.0 Å². The number of ether oxygens (including phenoxy) is 1. The minimum atomic E-state index is -0.147. The summed E-state index contributed by atoms with van der Waals surface area (Å²) in [6.45, 7) is 2.91. The van der Waals surface area contributed by atoms with Gasteiger partial charge in [-0.1, -0.05) is 95.6 Å². The Hall–Kier alpha value is -0.790. The van der Waals surface area contributed by atoms with Crippen LogP contribution in [0.4, 0.5) is 0 Å². The highest BCUT2D eigenvalue weighted by atomic mass is 16.5. The van der Waals surface area contributed by atoms with Crippen molar-refractivity contribution in [3.05, 3.63) is 11.6 Å². The molecule has 0 radical (unpaired) electrons. The van der Waals surface area contributed by atoms with E-state index in [1.165, 1.54) is 82.6 Å². The Kier molecular flexibility index (Phi) is 9.65. The molecule has 2 rings (SSSR count). The molecule has 0 heterocycles. The molecule has 0 amide bonds. The van der Waals surface area contributed by atoms with Gasteiger partial charge >= 0.3 is 5.97 Å². The average Bonchev–Trinajstić information content (AvgIpc) is 3.24. The van der Waals surface area contributed by atoms with Crippen molar-refractivity contribution in [3.8, 4) is 0 Å². The molecule has 0 aromatic rings. The summed E-state index contributed by atoms with van der Waals surface area (Å²) in [5.74, 6) is 0.0789. The van der Waals surface area contributed by atoms with Gasteiger partial charge in [0.2, 0.25) is 0 Å². The lowest BCUT2D eigenvalue weighted by atomic mass is 9.85. The number of hydrogen-bond donors (Lipinski definition) is 0. The molecule has 0 N–H and O–H groups in total. The van der Waals surface area contributed by atoms with Gasteiger partial charge in [-0.05, 0) is 32.1 Å². The number of hydrogen-bond acceptors (Lipinski definition) is 2. The zero-order valence-electron chi connectivity index (χ0n) is 16.6. The smallest absolute Gasteiger partial charge is 0.312 e. The SMILES string of the molecule is CCCCCCCCCCCCCCCOC(=O)C12CC=C(CC1)C2. The van der Waals surface area contributed by atoms with E-state index in [0.717, 1.165) is 32.1 Å². The van der Waals surface area contributed by atoms with Crippen LogP contribution in [-0.2, 0) is 9.53 Å². The summed E-state index contributed by atoms with van der Waals surface area (Å²) in [6, 6.07) is 0. The van der Waals surface area contributed by atoms with Gasteiger partial charge in [0.1, 0.15) is 0 Å². The Balaban J connectivity index is 1.32. The highest BCUT2D eigenvalue weighted by Crippen LogP contribution is 2.50. The van der Waals surface area contributed by atoms with Crippen molar-refractivity contribution in [2.24, 2.45) is 5.41 Å². The number of fused-ring (bicyclic) bond motifs is 2. The van der Waals surface area contributed by atoms with Crippen molar-refractivity contribution in [2.45, 2.75) is 116 Å². The maximum absolute atomic E-state index is 12.3. The number of rotatable bonds is 15. The minimum Gasteiger partial charge on any atom is -0.465 e. The molecule has 2 aliphatic rings. The zero-order chi connectivity index (χ0) is 17.8. The number of allylic oxidation sites excluding steroid dienone is 2. The van der Waals surface area contributed by atoms with Crippen molar-refractivity contribution in [2.75, 3.05) is 6.61 Å². The van der Waals surface area contributed by atoms with E-state index >= 15 is 0 Å². The summed E-state index contributed by atoms with van der Waals surface area (Å²) in [7, 11) is 0. The van der Waals surface area contributed by atoms with Crippen molar-refractivity contribution in [3.63, 3.8) is 0 Å². The lowest BCUT2D eigenvalue weighted by Gasteiger charge is -2.23. The van der Waals surface area contributed by atoms with Crippen molar-refractivity contribution in [1.82, 2.24) is 0 Å². The largest absolute Gasteiger partial charge is 0.465 e. The van der Waals surface area contributed by atoms with Crippen LogP contribution in [0.15, 0.2) is 11.6 Å². The molecule has 0 saturated heterocycles. The molecular formula is C23H40O2. The van der Waals surface area contributed by atoms with Gasteiger partial charge in [0, 0.05) is 0 Å². The second kappa shape index (κ2) is 11.8. The molecule has 25 heavy (non-hydrogen) atoms. The fraction of sp³-hybridized carbons (Fsp3) is 0.870. The first kappa shape index (κ1) is 20.5. The van der Waals surface area contributed by atoms with Crippen LogP contribution in [0.3, 0.4) is 0 Å². The number of carbonyl (C=O) groups excluding carboxylic acids is 1. The van der Waals surface area contributed by atoms with Crippen molar-refractivity contribution >= 4 is 5.97 Å². The summed E-state index contributed by atoms with van der Waals surface area (Å²) in [5, 5.41) is 0. The predicted molar refractivity (Wildman–Crippen MR) is 106 cm³/mol. The third-order valence-electron chi connectivity index (χ3n) is 6.19. The second-order valence-corrected chi connectivity index (χ2v) is 8.40. The fourth-order valence-electron chi connectivity index (χ4n) is 4.39. The standard InChI is InChI=1S/C23H40O2/c1-2-3-4-5-6-7-8-9-10-11-12-13-14-19-25-22(24)23-17-15-21(20-23)16-18-23/h15H,2-14,16-20H2,1H3. The Labute approximate surface area is 155 Å². The van der Waals surface area contributed by atoms with E-state index in [9.17, 15) is 4.79 Å². The molecule has 0 aliphatic heterocycles. The van der Waals surface area contributed by atoms with E-state index in [0.29, 0.717) is 6.61 Å². The third kappa shape index (κ3) is 7.15. The lowest BCUT2D eigenvalue weighted by Crippen LogP contribution is -2.28. The molecule has 1 saturated carbocycles. The molecule has 144 valence electrons. The van der Waals surface area contributed by atoms with E-state index in [1.54, 1.807) is 0 Å². The Bertz CT molecular complexity index is 412. The highest BCUT2D eigenvalue weighted by molar-refractivity contribution is 5.79. The first-order valence-electron chi connectivity index (χ1n) is 11.1. The van der Waals surface area contributed by atoms with Gasteiger partial charge in [0.15, 0.2) is 0 Å². The summed E-state index contributed by atoms with van der Waals surface area (Å²) >= 11 is 0. The molecule has 2 bridgehead atoms. The summed E-state index contributed by atoms with van der Waals surface area (Å²) < 4.78 is 5.57. The first-order chi connectivity index (χ1) is 12.3. The first-order valence-corrected chi connectivity index (χ1v) is 11.1. The molecule has 1 fully saturated rings. The van der Waals surface area contributed by atoms with Gasteiger partial charge in [-0.3, -0.25) is 4.79 Å². The summed E-state index contributed by atoms with van der Waals surface area (Å²) in [6.07, 6.45) is 23.9. The van der Waals surface area contributed by atoms with Crippen LogP contribution in [0.1, 0.15) is 116 Å². The molecule has 0 aromatic heterocycles. The van der Waals surface area contributed by atoms with Crippen LogP contribution >= 0.6 is 0 Å². The fourth-order valence-corrected chi connectivity index (χ4v) is 4.39. The molecule has 0 aromatic carbocycles. The van der Waals surface area contributed by atoms with E-state index < -0.39 is 0 Å². The molecule has 1 unspecified atom stereocenters. The van der Waals surface area contributed by atoms with Gasteiger partial charge in [-0.15, -0.1) is 0 Å². The van der Waals surface area contributed by atoms with E-state index in [-0.39, 0.29) is 11.4 Å². The van der Waals surface area contributed by atoms with Gasteiger partial charge in [-0.2, -0.15) is 0 Å². The molecule has 2 aliphatic carbocycles. The maximum atomic E-state index is 12.3. The minimum absolute atomic E-state index is 0.0789. The van der Waals surface area contributed by atoms with Gasteiger partial charge < -0.3 is 4.74 Å². The topological polar surface area (TPSA) is 26.3 Å². The normalized spacial score (nSPS) is 21.6. The Morgan fingerprint density at radius 2 is 1.48 bits per heavy atom. The van der Waals surface area contributed by atoms with Crippen LogP contribution in [0.5, 0.6) is 0 Å². The highest BCUT2D eigenvalue weighted by Gasteiger charge is 2.47. The van der Waals surface area contributed by atoms with Gasteiger partial charge in [0.25, 0.3) is 0 Å². The number of unbranched alkanes of at least 4 members (excludes halogenated alkanes) is 12. The number of carbonyl (C=O) groups is 1. The van der Waals surface area contributed by atoms with E-state index in [4.69, 9.17) is 4.74 Å². The van der Waals surface area contributed by atoms with Gasteiger partial charge in [0.05, 0.1) is 12.0 Å². The monoisotopic (exact) mass is 348 g/mol. The summed E-state index contributed by atoms with van der Waals surface area (Å²) in [5.41, 5.74) is 1.34. The molecule has 1 atom stereocenters. The average molecular weight is 349 g/mol. The quantitative estimate of drug-likeness (QED) is 0.179. The third-order valence-corrected chi connectivity index (χ3v) is 6.19. The van der Waals surface area contributed by atoms with Crippen molar-refractivity contribution in [1.29, 1.82) is 0 Å². The van der Waals surface area contributed by atoms with Gasteiger partial charge in [-0.25, -0.2) is 0 Å². The summed E-state index contributed by atoms with van der Waals surface area (Å²) in [4.78, 5) is 12.3. The zero-order valence-corrected chi connectivity index (χ0v) is 16.6. The Morgan fingerprint density at radius 3 is 1.92 bits per heavy atom. The van der Waals surface area contributed by atoms with E-state index in [1.807, 2.05) is 0 Å². The molecule has 2 heteroatoms. The molecule has 0 spiro atoms. The lowest BCUT2D eigenvalue weighted by molar-refractivity contribution is -0.155. The molecular weight excluding hydrogens is 308 g/mol. The van der Waals surface area contributed by atoms with Crippen molar-refractivity contribution < 1.29 is 9.53 Å². The van der Waals surface area contributed by atoms with Crippen LogP contribution in [0.2, 0.25) is 0 Å². The maximum Gasteiger partial charge on any atom is 0.312 e. The van der Waals surface area contributed by atoms with Crippen LogP contribution in [-0.4, -0.2) is 12.6 Å². The van der Waals surface area contributed by atoms with Crippen LogP contribution in [0.25, 0.3) is 0 Å². The predicted octanol–water partition coefficient (Wildman–Crippen LogP) is 7.12.